The Balaban J connectivity index is 1.25. The van der Waals surface area contributed by atoms with Gasteiger partial charge in [-0.15, -0.1) is 23.1 Å². The van der Waals surface area contributed by atoms with Crippen molar-refractivity contribution >= 4 is 62.1 Å². The van der Waals surface area contributed by atoms with Crippen molar-refractivity contribution in [2.45, 2.75) is 29.6 Å². The summed E-state index contributed by atoms with van der Waals surface area (Å²) in [5.41, 5.74) is 2.90. The maximum atomic E-state index is 13.6. The van der Waals surface area contributed by atoms with E-state index in [0.29, 0.717) is 24.5 Å². The van der Waals surface area contributed by atoms with Crippen molar-refractivity contribution in [1.29, 1.82) is 0 Å². The lowest BCUT2D eigenvalue weighted by molar-refractivity contribution is -0.111. The number of thioether (sulfide) groups is 2. The van der Waals surface area contributed by atoms with Gasteiger partial charge in [-0.25, -0.2) is 9.37 Å². The molecule has 2 aliphatic heterocycles. The van der Waals surface area contributed by atoms with Crippen LogP contribution in [-0.4, -0.2) is 40.0 Å². The number of thiazole rings is 1. The number of carbonyl (C=O) groups is 1. The summed E-state index contributed by atoms with van der Waals surface area (Å²) in [6.45, 7) is 2.61. The van der Waals surface area contributed by atoms with Crippen LogP contribution in [0.3, 0.4) is 0 Å². The third kappa shape index (κ3) is 4.95. The summed E-state index contributed by atoms with van der Waals surface area (Å²) in [6.07, 6.45) is 4.22. The van der Waals surface area contributed by atoms with Crippen LogP contribution in [0.4, 0.5) is 10.1 Å². The van der Waals surface area contributed by atoms with Crippen molar-refractivity contribution in [3.63, 3.8) is 0 Å². The number of hydrogen-bond donors (Lipinski definition) is 1. The molecule has 1 atom stereocenters. The summed E-state index contributed by atoms with van der Waals surface area (Å²) in [5.74, 6) is 1.87. The predicted molar refractivity (Wildman–Crippen MR) is 137 cm³/mol. The largest absolute Gasteiger partial charge is 0.494 e. The van der Waals surface area contributed by atoms with Crippen molar-refractivity contribution in [2.75, 3.05) is 23.4 Å². The standard InChI is InChI=1S/C24H22FN3O2S3/c1-2-30-18-7-8-19-21(10-18)33-23(27-19)31-12-22-28-24(13-29,14-32-22)11-17-6-4-15-3-5-16(25)9-20(15)26-17/h3,5-10,13,26H,2,4,11-12,14H2,1H3. The molecule has 3 aromatic rings. The zero-order valence-electron chi connectivity index (χ0n) is 18.0. The number of anilines is 1. The molecule has 0 aliphatic carbocycles. The predicted octanol–water partition coefficient (Wildman–Crippen LogP) is 5.95. The molecule has 0 radical (unpaired) electrons. The SMILES string of the molecule is CCOc1ccc2nc(SCC3=NC(C=O)(CC4=CCc5ccc(F)cc5N4)CS3)sc2c1. The Kier molecular flexibility index (Phi) is 6.44. The molecule has 9 heteroatoms. The third-order valence-electron chi connectivity index (χ3n) is 5.46. The number of benzene rings is 2. The van der Waals surface area contributed by atoms with Gasteiger partial charge in [-0.2, -0.15) is 0 Å². The fraction of sp³-hybridized carbons (Fsp3) is 0.292. The zero-order valence-corrected chi connectivity index (χ0v) is 20.4. The molecule has 2 aliphatic rings. The van der Waals surface area contributed by atoms with Crippen LogP contribution < -0.4 is 10.1 Å². The van der Waals surface area contributed by atoms with E-state index in [1.165, 1.54) is 12.1 Å². The quantitative estimate of drug-likeness (QED) is 0.305. The van der Waals surface area contributed by atoms with Crippen LogP contribution >= 0.6 is 34.9 Å². The number of rotatable bonds is 8. The summed E-state index contributed by atoms with van der Waals surface area (Å²) >= 11 is 4.90. The van der Waals surface area contributed by atoms with E-state index in [2.05, 4.69) is 11.4 Å². The summed E-state index contributed by atoms with van der Waals surface area (Å²) in [7, 11) is 0. The number of carbonyl (C=O) groups excluding carboxylic acids is 1. The van der Waals surface area contributed by atoms with Crippen LogP contribution in [0.15, 0.2) is 57.5 Å². The molecule has 3 heterocycles. The van der Waals surface area contributed by atoms with E-state index in [1.807, 2.05) is 25.1 Å². The van der Waals surface area contributed by atoms with Gasteiger partial charge in [0.2, 0.25) is 0 Å². The van der Waals surface area contributed by atoms with Crippen LogP contribution in [-0.2, 0) is 11.2 Å². The molecule has 170 valence electrons. The number of aromatic nitrogens is 1. The number of hydrogen-bond acceptors (Lipinski definition) is 8. The molecule has 1 aromatic heterocycles. The highest BCUT2D eigenvalue weighted by Gasteiger charge is 2.36. The van der Waals surface area contributed by atoms with Crippen molar-refractivity contribution in [1.82, 2.24) is 4.98 Å². The molecule has 5 rings (SSSR count). The lowest BCUT2D eigenvalue weighted by atomic mass is 9.94. The van der Waals surface area contributed by atoms with Gasteiger partial charge in [0.25, 0.3) is 0 Å². The Hall–Kier alpha value is -2.36. The number of allylic oxidation sites excluding steroid dienone is 1. The van der Waals surface area contributed by atoms with E-state index in [0.717, 1.165) is 55.0 Å². The third-order valence-corrected chi connectivity index (χ3v) is 9.03. The molecular weight excluding hydrogens is 477 g/mol. The van der Waals surface area contributed by atoms with E-state index in [-0.39, 0.29) is 5.82 Å². The summed E-state index contributed by atoms with van der Waals surface area (Å²) < 4.78 is 21.3. The lowest BCUT2D eigenvalue weighted by Crippen LogP contribution is -2.31. The first-order chi connectivity index (χ1) is 16.1. The van der Waals surface area contributed by atoms with Gasteiger partial charge in [0.1, 0.15) is 23.4 Å². The molecular formula is C24H22FN3O2S3. The minimum Gasteiger partial charge on any atom is -0.494 e. The number of halogens is 1. The highest BCUT2D eigenvalue weighted by Crippen LogP contribution is 2.37. The Morgan fingerprint density at radius 1 is 1.30 bits per heavy atom. The van der Waals surface area contributed by atoms with Crippen molar-refractivity contribution in [3.05, 3.63) is 59.6 Å². The Morgan fingerprint density at radius 3 is 3.06 bits per heavy atom. The molecule has 0 saturated heterocycles. The molecule has 0 saturated carbocycles. The average molecular weight is 500 g/mol. The molecule has 33 heavy (non-hydrogen) atoms. The zero-order chi connectivity index (χ0) is 22.8. The summed E-state index contributed by atoms with van der Waals surface area (Å²) in [5, 5.41) is 4.23. The van der Waals surface area contributed by atoms with Crippen LogP contribution in [0, 0.1) is 5.82 Å². The Morgan fingerprint density at radius 2 is 2.21 bits per heavy atom. The second kappa shape index (κ2) is 9.48. The van der Waals surface area contributed by atoms with Crippen LogP contribution in [0.1, 0.15) is 18.9 Å². The van der Waals surface area contributed by atoms with E-state index >= 15 is 0 Å². The number of aliphatic imine (C=N–C) groups is 1. The van der Waals surface area contributed by atoms with Crippen LogP contribution in [0.5, 0.6) is 5.75 Å². The lowest BCUT2D eigenvalue weighted by Gasteiger charge is -2.25. The monoisotopic (exact) mass is 499 g/mol. The molecule has 0 fully saturated rings. The fourth-order valence-electron chi connectivity index (χ4n) is 3.86. The van der Waals surface area contributed by atoms with Gasteiger partial charge in [0.05, 0.1) is 21.9 Å². The van der Waals surface area contributed by atoms with Gasteiger partial charge in [-0.1, -0.05) is 23.9 Å². The van der Waals surface area contributed by atoms with Crippen LogP contribution in [0.25, 0.3) is 10.2 Å². The molecule has 1 N–H and O–H groups in total. The van der Waals surface area contributed by atoms with Gasteiger partial charge < -0.3 is 14.8 Å². The van der Waals surface area contributed by atoms with E-state index in [9.17, 15) is 9.18 Å². The van der Waals surface area contributed by atoms with E-state index in [4.69, 9.17) is 14.7 Å². The van der Waals surface area contributed by atoms with Crippen molar-refractivity contribution in [2.24, 2.45) is 4.99 Å². The van der Waals surface area contributed by atoms with Gasteiger partial charge in [-0.3, -0.25) is 4.99 Å². The normalized spacial score (nSPS) is 19.6. The highest BCUT2D eigenvalue weighted by molar-refractivity contribution is 8.16. The Labute approximate surface area is 203 Å². The molecule has 0 spiro atoms. The summed E-state index contributed by atoms with van der Waals surface area (Å²) in [6, 6.07) is 10.7. The van der Waals surface area contributed by atoms with Gasteiger partial charge in [0, 0.05) is 29.3 Å². The number of aldehydes is 1. The van der Waals surface area contributed by atoms with Gasteiger partial charge in [0.15, 0.2) is 4.34 Å². The molecule has 5 nitrogen and oxygen atoms in total. The van der Waals surface area contributed by atoms with Crippen molar-refractivity contribution < 1.29 is 13.9 Å². The minimum absolute atomic E-state index is 0.273. The smallest absolute Gasteiger partial charge is 0.151 e. The molecule has 0 bridgehead atoms. The summed E-state index contributed by atoms with van der Waals surface area (Å²) in [4.78, 5) is 21.6. The first kappa shape index (κ1) is 22.4. The number of nitrogens with zero attached hydrogens (tertiary/aromatic N) is 2. The topological polar surface area (TPSA) is 63.6 Å². The maximum Gasteiger partial charge on any atom is 0.151 e. The van der Waals surface area contributed by atoms with Crippen molar-refractivity contribution in [3.8, 4) is 5.75 Å². The second-order valence-corrected chi connectivity index (χ2v) is 11.2. The number of ether oxygens (including phenoxy) is 1. The first-order valence-electron chi connectivity index (χ1n) is 10.6. The van der Waals surface area contributed by atoms with Crippen LogP contribution in [0.2, 0.25) is 0 Å². The molecule has 1 unspecified atom stereocenters. The first-order valence-corrected chi connectivity index (χ1v) is 13.4. The van der Waals surface area contributed by atoms with E-state index in [1.54, 1.807) is 40.9 Å². The van der Waals surface area contributed by atoms with Gasteiger partial charge >= 0.3 is 0 Å². The maximum absolute atomic E-state index is 13.6. The van der Waals surface area contributed by atoms with E-state index < -0.39 is 5.54 Å². The average Bonchev–Trinajstić information content (AvgIpc) is 3.41. The minimum atomic E-state index is -0.787. The second-order valence-electron chi connectivity index (χ2n) is 7.88. The molecule has 0 amide bonds. The highest BCUT2D eigenvalue weighted by atomic mass is 32.2. The van der Waals surface area contributed by atoms with Gasteiger partial charge in [-0.05, 0) is 49.2 Å². The fourth-order valence-corrected chi connectivity index (χ4v) is 7.15. The number of nitrogens with one attached hydrogen (secondary N) is 1. The number of fused-ring (bicyclic) bond motifs is 2. The Bertz CT molecular complexity index is 1270. The molecule has 2 aromatic carbocycles.